The van der Waals surface area contributed by atoms with Crippen LogP contribution in [-0.2, 0) is 14.7 Å². The Morgan fingerprint density at radius 3 is 2.09 bits per heavy atom. The fourth-order valence-corrected chi connectivity index (χ4v) is 9.33. The predicted octanol–water partition coefficient (Wildman–Crippen LogP) is 5.10. The fraction of sp³-hybridized carbons (Fsp3) is 0.607. The summed E-state index contributed by atoms with van der Waals surface area (Å²) in [5.41, 5.74) is 6.76. The summed E-state index contributed by atoms with van der Waals surface area (Å²) in [6.45, 7) is 8.51. The highest BCUT2D eigenvalue weighted by molar-refractivity contribution is 6.61. The highest BCUT2D eigenvalue weighted by Crippen LogP contribution is 2.81. The Balaban J connectivity index is 1.32. The van der Waals surface area contributed by atoms with Gasteiger partial charge >= 0.3 is 7.12 Å². The molecule has 4 atom stereocenters. The normalized spacial score (nSPS) is 42.8. The smallest absolute Gasteiger partial charge is 0.398 e. The zero-order valence-corrected chi connectivity index (χ0v) is 19.7. The van der Waals surface area contributed by atoms with Crippen LogP contribution in [0.5, 0.6) is 0 Å². The fourth-order valence-electron chi connectivity index (χ4n) is 9.33. The summed E-state index contributed by atoms with van der Waals surface area (Å²) in [6.07, 6.45) is 7.16. The lowest BCUT2D eigenvalue weighted by Crippen LogP contribution is -2.46. The molecule has 8 rings (SSSR count). The lowest BCUT2D eigenvalue weighted by molar-refractivity contribution is -0.00198. The number of fused-ring (bicyclic) bond motifs is 9. The SMILES string of the molecule is CC1(C)OB(c2ccc3c(n2)C2(c4ccccc4-3)C3CC4CC5CC2CC45C3)OC1(C)C. The van der Waals surface area contributed by atoms with Crippen LogP contribution in [0.4, 0.5) is 0 Å². The van der Waals surface area contributed by atoms with Gasteiger partial charge in [0.2, 0.25) is 0 Å². The molecule has 164 valence electrons. The van der Waals surface area contributed by atoms with Crippen LogP contribution in [0.15, 0.2) is 36.4 Å². The van der Waals surface area contributed by atoms with Crippen molar-refractivity contribution in [1.29, 1.82) is 0 Å². The first kappa shape index (κ1) is 18.7. The van der Waals surface area contributed by atoms with Crippen molar-refractivity contribution in [3.63, 3.8) is 0 Å². The minimum Gasteiger partial charge on any atom is -0.398 e. The molecule has 5 fully saturated rings. The maximum Gasteiger partial charge on any atom is 0.514 e. The van der Waals surface area contributed by atoms with Gasteiger partial charge in [0.25, 0.3) is 0 Å². The second-order valence-electron chi connectivity index (χ2n) is 12.8. The van der Waals surface area contributed by atoms with Crippen molar-refractivity contribution in [1.82, 2.24) is 4.98 Å². The first-order valence-electron chi connectivity index (χ1n) is 12.7. The number of nitrogens with zero attached hydrogens (tertiary/aromatic N) is 1. The molecule has 4 saturated carbocycles. The molecule has 0 N–H and O–H groups in total. The van der Waals surface area contributed by atoms with Crippen molar-refractivity contribution in [2.75, 3.05) is 0 Å². The van der Waals surface area contributed by atoms with Gasteiger partial charge in [-0.3, -0.25) is 4.98 Å². The second-order valence-corrected chi connectivity index (χ2v) is 12.8. The molecule has 2 spiro atoms. The first-order chi connectivity index (χ1) is 15.3. The monoisotopic (exact) mass is 425 g/mol. The Hall–Kier alpha value is -1.65. The van der Waals surface area contributed by atoms with E-state index in [2.05, 4.69) is 64.1 Å². The first-order valence-corrected chi connectivity index (χ1v) is 12.7. The third-order valence-corrected chi connectivity index (χ3v) is 11.3. The summed E-state index contributed by atoms with van der Waals surface area (Å²) in [6, 6.07) is 13.7. The number of rotatable bonds is 1. The van der Waals surface area contributed by atoms with Crippen LogP contribution in [0.3, 0.4) is 0 Å². The largest absolute Gasteiger partial charge is 0.514 e. The van der Waals surface area contributed by atoms with Gasteiger partial charge in [-0.15, -0.1) is 0 Å². The van der Waals surface area contributed by atoms with Gasteiger partial charge in [-0.2, -0.15) is 0 Å². The van der Waals surface area contributed by atoms with Crippen molar-refractivity contribution >= 4 is 12.7 Å². The molecule has 2 heterocycles. The standard InChI is InChI=1S/C28H32BNO2/c1-25(2)26(3,4)32-29(31-25)23-10-9-21-20-7-5-6-8-22(20)28(24(21)30-23)18-12-16-11-17-13-19(28)15-27(16,17)14-18/h5-10,16-19H,11-15H2,1-4H3. The maximum atomic E-state index is 6.42. The second kappa shape index (κ2) is 5.36. The molecule has 4 unspecified atom stereocenters. The summed E-state index contributed by atoms with van der Waals surface area (Å²) in [5, 5.41) is 0. The third-order valence-electron chi connectivity index (χ3n) is 11.3. The van der Waals surface area contributed by atoms with Crippen LogP contribution >= 0.6 is 0 Å². The quantitative estimate of drug-likeness (QED) is 0.596. The molecule has 3 nitrogen and oxygen atoms in total. The Morgan fingerprint density at radius 1 is 0.781 bits per heavy atom. The van der Waals surface area contributed by atoms with Crippen molar-refractivity contribution in [3.8, 4) is 11.1 Å². The Bertz CT molecular complexity index is 1150. The maximum absolute atomic E-state index is 6.42. The van der Waals surface area contributed by atoms with Crippen LogP contribution in [-0.4, -0.2) is 23.3 Å². The van der Waals surface area contributed by atoms with E-state index >= 15 is 0 Å². The number of pyridine rings is 1. The van der Waals surface area contributed by atoms with Crippen LogP contribution in [0.1, 0.15) is 71.1 Å². The van der Waals surface area contributed by atoms with Gasteiger partial charge in [0, 0.05) is 11.0 Å². The summed E-state index contributed by atoms with van der Waals surface area (Å²) < 4.78 is 12.8. The number of aromatic nitrogens is 1. The zero-order valence-electron chi connectivity index (χ0n) is 19.7. The minimum atomic E-state index is -0.394. The van der Waals surface area contributed by atoms with E-state index in [9.17, 15) is 0 Å². The Morgan fingerprint density at radius 2 is 1.41 bits per heavy atom. The van der Waals surface area contributed by atoms with E-state index in [1.165, 1.54) is 48.9 Å². The van der Waals surface area contributed by atoms with Gasteiger partial charge < -0.3 is 9.31 Å². The van der Waals surface area contributed by atoms with Gasteiger partial charge in [0.15, 0.2) is 0 Å². The molecule has 2 aromatic rings. The molecule has 0 amide bonds. The summed E-state index contributed by atoms with van der Waals surface area (Å²) in [7, 11) is -0.394. The van der Waals surface area contributed by atoms with E-state index in [4.69, 9.17) is 14.3 Å². The van der Waals surface area contributed by atoms with E-state index in [1.807, 2.05) is 0 Å². The molecular weight excluding hydrogens is 393 g/mol. The van der Waals surface area contributed by atoms with E-state index in [1.54, 1.807) is 5.56 Å². The van der Waals surface area contributed by atoms with Gasteiger partial charge in [0.1, 0.15) is 0 Å². The molecule has 1 saturated heterocycles. The van der Waals surface area contributed by atoms with E-state index in [-0.39, 0.29) is 16.6 Å². The number of hydrogen-bond acceptors (Lipinski definition) is 3. The van der Waals surface area contributed by atoms with Crippen LogP contribution in [0.25, 0.3) is 11.1 Å². The molecule has 1 aromatic heterocycles. The molecule has 6 aliphatic rings. The van der Waals surface area contributed by atoms with Gasteiger partial charge in [0.05, 0.1) is 22.5 Å². The summed E-state index contributed by atoms with van der Waals surface area (Å²) >= 11 is 0. The molecule has 5 aliphatic carbocycles. The average molecular weight is 425 g/mol. The van der Waals surface area contributed by atoms with E-state index in [0.29, 0.717) is 5.41 Å². The highest BCUT2D eigenvalue weighted by atomic mass is 16.7. The Labute approximate surface area is 191 Å². The third kappa shape index (κ3) is 1.84. The zero-order chi connectivity index (χ0) is 21.7. The highest BCUT2D eigenvalue weighted by Gasteiger charge is 2.75. The lowest BCUT2D eigenvalue weighted by atomic mass is 9.54. The number of hydrogen-bond donors (Lipinski definition) is 0. The average Bonchev–Trinajstić information content (AvgIpc) is 3.35. The van der Waals surface area contributed by atoms with Crippen LogP contribution in [0.2, 0.25) is 0 Å². The van der Waals surface area contributed by atoms with E-state index in [0.717, 1.165) is 29.3 Å². The molecule has 4 heteroatoms. The van der Waals surface area contributed by atoms with Gasteiger partial charge in [-0.05, 0) is 106 Å². The summed E-state index contributed by atoms with van der Waals surface area (Å²) in [4.78, 5) is 5.48. The molecule has 0 radical (unpaired) electrons. The lowest BCUT2D eigenvalue weighted by Gasteiger charge is -2.50. The van der Waals surface area contributed by atoms with Crippen molar-refractivity contribution in [2.45, 2.75) is 76.4 Å². The van der Waals surface area contributed by atoms with Crippen molar-refractivity contribution in [3.05, 3.63) is 47.7 Å². The van der Waals surface area contributed by atoms with E-state index < -0.39 is 7.12 Å². The molecule has 1 aliphatic heterocycles. The summed E-state index contributed by atoms with van der Waals surface area (Å²) in [5.74, 6) is 3.43. The van der Waals surface area contributed by atoms with Crippen molar-refractivity contribution < 1.29 is 9.31 Å². The number of benzene rings is 1. The van der Waals surface area contributed by atoms with Gasteiger partial charge in [-0.1, -0.05) is 30.3 Å². The molecular formula is C28H32BNO2. The minimum absolute atomic E-state index is 0.0962. The topological polar surface area (TPSA) is 31.4 Å². The van der Waals surface area contributed by atoms with Gasteiger partial charge in [-0.25, -0.2) is 0 Å². The molecule has 3 bridgehead atoms. The predicted molar refractivity (Wildman–Crippen MR) is 126 cm³/mol. The molecule has 1 aromatic carbocycles. The van der Waals surface area contributed by atoms with Crippen LogP contribution < -0.4 is 5.59 Å². The molecule has 32 heavy (non-hydrogen) atoms. The van der Waals surface area contributed by atoms with Crippen molar-refractivity contribution in [2.24, 2.45) is 29.1 Å². The van der Waals surface area contributed by atoms with Crippen LogP contribution in [0, 0.1) is 29.1 Å². The Kier molecular flexibility index (Phi) is 3.14.